The second-order valence-corrected chi connectivity index (χ2v) is 9.30. The number of hydrogen-bond donors (Lipinski definition) is 2. The van der Waals surface area contributed by atoms with E-state index >= 15 is 0 Å². The van der Waals surface area contributed by atoms with E-state index in [-0.39, 0.29) is 5.69 Å². The highest BCUT2D eigenvalue weighted by Crippen LogP contribution is 2.27. The minimum Gasteiger partial charge on any atom is -0.464 e. The summed E-state index contributed by atoms with van der Waals surface area (Å²) in [6.07, 6.45) is 0. The molecule has 39 heavy (non-hydrogen) atoms. The molecule has 0 radical (unpaired) electrons. The van der Waals surface area contributed by atoms with Crippen molar-refractivity contribution >= 4 is 69.0 Å². The summed E-state index contributed by atoms with van der Waals surface area (Å²) in [5.74, 6) is -4.50. The molecule has 0 saturated carbocycles. The lowest BCUT2D eigenvalue weighted by molar-refractivity contribution is -0.136. The van der Waals surface area contributed by atoms with Gasteiger partial charge in [0.05, 0.1) is 35.2 Å². The number of Topliss-reactive ketones (excluding diaryl/α,β-unsaturated/α-hetero) is 1. The maximum atomic E-state index is 13.8. The van der Waals surface area contributed by atoms with Gasteiger partial charge in [0.15, 0.2) is 5.71 Å². The number of aromatic nitrogens is 2. The molecule has 0 unspecified atom stereocenters. The maximum absolute atomic E-state index is 13.8. The van der Waals surface area contributed by atoms with Crippen LogP contribution >= 0.6 is 23.2 Å². The third-order valence-electron chi connectivity index (χ3n) is 5.85. The van der Waals surface area contributed by atoms with Crippen LogP contribution < -0.4 is 10.7 Å². The highest BCUT2D eigenvalue weighted by atomic mass is 35.5. The van der Waals surface area contributed by atoms with Crippen LogP contribution in [0.1, 0.15) is 22.9 Å². The van der Waals surface area contributed by atoms with E-state index in [1.54, 1.807) is 80.6 Å². The number of carbonyl (C=O) groups excluding carboxylic acids is 3. The Labute approximate surface area is 234 Å². The SMILES string of the molecule is COC(=O)/C(=N/Nc1cccc(Cl)c1)[C@H](C(=O)C(=O)Nc1cccc(Cl)c1C)c1nc2ccccc2nc1C. The van der Waals surface area contributed by atoms with Crippen molar-refractivity contribution in [3.05, 3.63) is 93.7 Å². The third-order valence-corrected chi connectivity index (χ3v) is 6.50. The standard InChI is InChI=1S/C28H23Cl2N5O4/c1-15-19(30)10-7-13-20(15)33-27(37)26(36)23(24-16(2)31-21-11-4-5-12-22(21)32-24)25(28(38)39-3)35-34-18-9-6-8-17(29)14-18/h4-14,23,34H,1-3H3,(H,33,37)/b35-25+/t23-/m1/s1. The van der Waals surface area contributed by atoms with Gasteiger partial charge in [-0.3, -0.25) is 15.0 Å². The number of ketones is 1. The largest absolute Gasteiger partial charge is 0.464 e. The molecule has 1 atom stereocenters. The van der Waals surface area contributed by atoms with Crippen LogP contribution in [0.3, 0.4) is 0 Å². The van der Waals surface area contributed by atoms with Crippen LogP contribution in [0.25, 0.3) is 11.0 Å². The van der Waals surface area contributed by atoms with Crippen molar-refractivity contribution in [3.8, 4) is 0 Å². The molecule has 0 spiro atoms. The summed E-state index contributed by atoms with van der Waals surface area (Å²) in [4.78, 5) is 49.3. The van der Waals surface area contributed by atoms with E-state index in [0.29, 0.717) is 43.7 Å². The average molecular weight is 564 g/mol. The van der Waals surface area contributed by atoms with E-state index in [4.69, 9.17) is 27.9 Å². The van der Waals surface area contributed by atoms with Gasteiger partial charge in [-0.1, -0.05) is 47.5 Å². The number of nitrogens with one attached hydrogen (secondary N) is 2. The quantitative estimate of drug-likeness (QED) is 0.126. The number of methoxy groups -OCH3 is 1. The Hall–Kier alpha value is -4.34. The molecule has 4 rings (SSSR count). The van der Waals surface area contributed by atoms with Crippen molar-refractivity contribution in [1.29, 1.82) is 0 Å². The van der Waals surface area contributed by atoms with E-state index in [9.17, 15) is 14.4 Å². The molecule has 11 heteroatoms. The molecule has 9 nitrogen and oxygen atoms in total. The molecule has 0 saturated heterocycles. The highest BCUT2D eigenvalue weighted by molar-refractivity contribution is 6.53. The van der Waals surface area contributed by atoms with Crippen LogP contribution in [0.4, 0.5) is 11.4 Å². The van der Waals surface area contributed by atoms with Gasteiger partial charge in [-0.25, -0.2) is 14.8 Å². The first-order chi connectivity index (χ1) is 18.7. The fourth-order valence-electron chi connectivity index (χ4n) is 3.83. The van der Waals surface area contributed by atoms with Crippen LogP contribution in [0, 0.1) is 13.8 Å². The lowest BCUT2D eigenvalue weighted by Gasteiger charge is -2.19. The van der Waals surface area contributed by atoms with Gasteiger partial charge in [-0.05, 0) is 61.9 Å². The number of hydrogen-bond acceptors (Lipinski definition) is 8. The van der Waals surface area contributed by atoms with Crippen molar-refractivity contribution in [2.24, 2.45) is 5.10 Å². The Morgan fingerprint density at radius 3 is 2.31 bits per heavy atom. The molecule has 1 heterocycles. The number of para-hydroxylation sites is 2. The van der Waals surface area contributed by atoms with Gasteiger partial charge >= 0.3 is 5.97 Å². The number of esters is 1. The summed E-state index contributed by atoms with van der Waals surface area (Å²) in [5, 5.41) is 7.61. The topological polar surface area (TPSA) is 123 Å². The van der Waals surface area contributed by atoms with Gasteiger partial charge in [0.2, 0.25) is 5.78 Å². The molecule has 0 aliphatic heterocycles. The first kappa shape index (κ1) is 27.7. The van der Waals surface area contributed by atoms with Crippen LogP contribution in [-0.2, 0) is 19.1 Å². The predicted molar refractivity (Wildman–Crippen MR) is 151 cm³/mol. The van der Waals surface area contributed by atoms with Crippen molar-refractivity contribution in [1.82, 2.24) is 9.97 Å². The number of carbonyl (C=O) groups is 3. The van der Waals surface area contributed by atoms with Gasteiger partial charge < -0.3 is 10.1 Å². The van der Waals surface area contributed by atoms with Gasteiger partial charge in [0, 0.05) is 15.7 Å². The zero-order valence-corrected chi connectivity index (χ0v) is 22.7. The second kappa shape index (κ2) is 12.0. The number of anilines is 2. The molecule has 1 aromatic heterocycles. The number of ether oxygens (including phenoxy) is 1. The minimum atomic E-state index is -1.55. The Kier molecular flexibility index (Phi) is 8.53. The number of nitrogens with zero attached hydrogens (tertiary/aromatic N) is 3. The number of hydrazone groups is 1. The lowest BCUT2D eigenvalue weighted by atomic mass is 9.91. The Morgan fingerprint density at radius 1 is 0.923 bits per heavy atom. The smallest absolute Gasteiger partial charge is 0.355 e. The molecule has 4 aromatic rings. The van der Waals surface area contributed by atoms with E-state index in [2.05, 4.69) is 25.8 Å². The van der Waals surface area contributed by atoms with Gasteiger partial charge in [0.1, 0.15) is 5.92 Å². The molecule has 1 amide bonds. The zero-order chi connectivity index (χ0) is 28.1. The Balaban J connectivity index is 1.84. The Bertz CT molecular complexity index is 1620. The summed E-state index contributed by atoms with van der Waals surface area (Å²) >= 11 is 12.2. The molecule has 2 N–H and O–H groups in total. The fourth-order valence-corrected chi connectivity index (χ4v) is 4.19. The van der Waals surface area contributed by atoms with Gasteiger partial charge in [-0.15, -0.1) is 0 Å². The maximum Gasteiger partial charge on any atom is 0.355 e. The third kappa shape index (κ3) is 6.22. The van der Waals surface area contributed by atoms with Crippen LogP contribution in [0.2, 0.25) is 10.0 Å². The Morgan fingerprint density at radius 2 is 1.62 bits per heavy atom. The molecular formula is C28H23Cl2N5O4. The van der Waals surface area contributed by atoms with Crippen molar-refractivity contribution in [2.75, 3.05) is 17.9 Å². The molecule has 0 aliphatic carbocycles. The van der Waals surface area contributed by atoms with E-state index in [1.165, 1.54) is 0 Å². The van der Waals surface area contributed by atoms with E-state index in [0.717, 1.165) is 7.11 Å². The normalized spacial score (nSPS) is 12.1. The average Bonchev–Trinajstić information content (AvgIpc) is 2.92. The summed E-state index contributed by atoms with van der Waals surface area (Å²) < 4.78 is 4.95. The lowest BCUT2D eigenvalue weighted by Crippen LogP contribution is -2.38. The van der Waals surface area contributed by atoms with Gasteiger partial charge in [0.25, 0.3) is 5.91 Å². The van der Waals surface area contributed by atoms with Crippen LogP contribution in [0.15, 0.2) is 71.8 Å². The van der Waals surface area contributed by atoms with E-state index < -0.39 is 29.3 Å². The molecular weight excluding hydrogens is 541 g/mol. The number of fused-ring (bicyclic) bond motifs is 1. The zero-order valence-electron chi connectivity index (χ0n) is 21.2. The molecule has 0 bridgehead atoms. The molecule has 198 valence electrons. The van der Waals surface area contributed by atoms with Crippen LogP contribution in [-0.4, -0.2) is 40.4 Å². The summed E-state index contributed by atoms with van der Waals surface area (Å²) in [6.45, 7) is 3.34. The van der Waals surface area contributed by atoms with Crippen molar-refractivity contribution in [2.45, 2.75) is 19.8 Å². The number of aryl methyl sites for hydroxylation is 1. The van der Waals surface area contributed by atoms with Crippen LogP contribution in [0.5, 0.6) is 0 Å². The minimum absolute atomic E-state index is 0.0775. The molecule has 3 aromatic carbocycles. The fraction of sp³-hybridized carbons (Fsp3) is 0.143. The monoisotopic (exact) mass is 563 g/mol. The first-order valence-electron chi connectivity index (χ1n) is 11.7. The number of benzene rings is 3. The molecule has 0 aliphatic rings. The number of halogens is 2. The predicted octanol–water partition coefficient (Wildman–Crippen LogP) is 5.49. The molecule has 0 fully saturated rings. The first-order valence-corrected chi connectivity index (χ1v) is 12.5. The summed E-state index contributed by atoms with van der Waals surface area (Å²) in [5.41, 5.74) is 5.14. The van der Waals surface area contributed by atoms with Gasteiger partial charge in [-0.2, -0.15) is 5.10 Å². The highest BCUT2D eigenvalue weighted by Gasteiger charge is 2.39. The second-order valence-electron chi connectivity index (χ2n) is 8.46. The number of rotatable bonds is 8. The van der Waals surface area contributed by atoms with Crippen molar-refractivity contribution in [3.63, 3.8) is 0 Å². The number of amides is 1. The van der Waals surface area contributed by atoms with Crippen molar-refractivity contribution < 1.29 is 19.1 Å². The van der Waals surface area contributed by atoms with E-state index in [1.807, 2.05) is 0 Å². The summed E-state index contributed by atoms with van der Waals surface area (Å²) in [7, 11) is 1.15. The summed E-state index contributed by atoms with van der Waals surface area (Å²) in [6, 6.07) is 18.5.